The van der Waals surface area contributed by atoms with Gasteiger partial charge in [0.1, 0.15) is 5.75 Å². The van der Waals surface area contributed by atoms with E-state index in [1.807, 2.05) is 30.3 Å². The third-order valence-corrected chi connectivity index (χ3v) is 9.09. The van der Waals surface area contributed by atoms with Crippen LogP contribution in [-0.4, -0.2) is 5.97 Å². The summed E-state index contributed by atoms with van der Waals surface area (Å²) in [6.07, 6.45) is 23.5. The maximum Gasteiger partial charge on any atom is 0.335 e. The number of carbonyl (C=O) groups is 1. The molecule has 0 spiro atoms. The summed E-state index contributed by atoms with van der Waals surface area (Å²) >= 11 is 0. The Morgan fingerprint density at radius 2 is 1.33 bits per heavy atom. The van der Waals surface area contributed by atoms with E-state index in [1.165, 1.54) is 88.7 Å². The number of hydrogen-bond acceptors (Lipinski definition) is 2. The van der Waals surface area contributed by atoms with E-state index in [4.69, 9.17) is 4.74 Å². The number of esters is 1. The molecule has 3 aliphatic rings. The zero-order chi connectivity index (χ0) is 25.3. The van der Waals surface area contributed by atoms with Crippen LogP contribution in [0.3, 0.4) is 0 Å². The Bertz CT molecular complexity index is 958. The summed E-state index contributed by atoms with van der Waals surface area (Å²) in [4.78, 5) is 12.0. The van der Waals surface area contributed by atoms with E-state index in [9.17, 15) is 4.79 Å². The molecule has 0 unspecified atom stereocenters. The molecule has 3 fully saturated rings. The lowest BCUT2D eigenvalue weighted by atomic mass is 9.51. The van der Waals surface area contributed by atoms with Crippen molar-refractivity contribution in [3.8, 4) is 16.9 Å². The molecular weight excluding hydrogens is 440 g/mol. The minimum atomic E-state index is -0.303. The molecule has 2 heteroatoms. The van der Waals surface area contributed by atoms with Crippen molar-refractivity contribution in [1.82, 2.24) is 0 Å². The second-order valence-corrected chi connectivity index (χ2v) is 11.5. The lowest BCUT2D eigenvalue weighted by Gasteiger charge is -2.54. The Labute approximate surface area is 219 Å². The molecule has 0 atom stereocenters. The Balaban J connectivity index is 1.30. The summed E-state index contributed by atoms with van der Waals surface area (Å²) in [5.74, 6) is 0.292. The van der Waals surface area contributed by atoms with Crippen LogP contribution in [0.25, 0.3) is 11.1 Å². The summed E-state index contributed by atoms with van der Waals surface area (Å²) in [6.45, 7) is 4.45. The van der Waals surface area contributed by atoms with Gasteiger partial charge in [0.15, 0.2) is 0 Å². The number of unbranched alkanes of at least 4 members (excludes halogenated alkanes) is 6. The zero-order valence-electron chi connectivity index (χ0n) is 22.7. The first kappa shape index (κ1) is 26.7. The third-order valence-electron chi connectivity index (χ3n) is 9.09. The van der Waals surface area contributed by atoms with Gasteiger partial charge in [-0.3, -0.25) is 0 Å². The molecule has 2 aromatic rings. The first-order valence-electron chi connectivity index (χ1n) is 14.7. The van der Waals surface area contributed by atoms with Crippen molar-refractivity contribution in [2.75, 3.05) is 0 Å². The van der Waals surface area contributed by atoms with Gasteiger partial charge in [-0.05, 0) is 91.0 Å². The first-order valence-corrected chi connectivity index (χ1v) is 14.7. The van der Waals surface area contributed by atoms with Gasteiger partial charge in [-0.25, -0.2) is 4.79 Å². The molecule has 3 saturated carbocycles. The van der Waals surface area contributed by atoms with Gasteiger partial charge in [0.05, 0.1) is 0 Å². The summed E-state index contributed by atoms with van der Waals surface area (Å²) < 4.78 is 5.44. The molecule has 2 bridgehead atoms. The van der Waals surface area contributed by atoms with E-state index in [0.29, 0.717) is 16.6 Å². The van der Waals surface area contributed by atoms with Crippen LogP contribution in [0.2, 0.25) is 0 Å². The van der Waals surface area contributed by atoms with Crippen molar-refractivity contribution in [2.45, 2.75) is 116 Å². The zero-order valence-corrected chi connectivity index (χ0v) is 22.7. The van der Waals surface area contributed by atoms with Gasteiger partial charge in [0.2, 0.25) is 0 Å². The van der Waals surface area contributed by atoms with Gasteiger partial charge < -0.3 is 4.74 Å². The molecule has 0 heterocycles. The molecule has 36 heavy (non-hydrogen) atoms. The molecule has 5 rings (SSSR count). The quantitative estimate of drug-likeness (QED) is 0.122. The highest BCUT2D eigenvalue weighted by atomic mass is 16.5. The van der Waals surface area contributed by atoms with Crippen molar-refractivity contribution in [3.05, 3.63) is 66.2 Å². The van der Waals surface area contributed by atoms with Gasteiger partial charge in [-0.1, -0.05) is 101 Å². The summed E-state index contributed by atoms with van der Waals surface area (Å²) in [7, 11) is 0. The smallest absolute Gasteiger partial charge is 0.335 e. The molecule has 0 saturated heterocycles. The van der Waals surface area contributed by atoms with Crippen LogP contribution in [0, 0.1) is 5.41 Å². The maximum absolute atomic E-state index is 12.0. The minimum Gasteiger partial charge on any atom is -0.423 e. The highest BCUT2D eigenvalue weighted by Crippen LogP contribution is 2.59. The highest BCUT2D eigenvalue weighted by Gasteiger charge is 2.48. The SMILES string of the molecule is CCCCC=CC(=O)Oc1ccc(-c2ccc(C34CCC(CCCCCCC)(CC3)CC4)cc2)cc1. The van der Waals surface area contributed by atoms with Crippen LogP contribution >= 0.6 is 0 Å². The molecule has 0 aliphatic heterocycles. The first-order chi connectivity index (χ1) is 17.6. The number of rotatable bonds is 13. The van der Waals surface area contributed by atoms with Crippen molar-refractivity contribution in [2.24, 2.45) is 5.41 Å². The molecule has 194 valence electrons. The monoisotopic (exact) mass is 486 g/mol. The maximum atomic E-state index is 12.0. The fraction of sp³-hybridized carbons (Fsp3) is 0.559. The van der Waals surface area contributed by atoms with Crippen LogP contribution < -0.4 is 4.74 Å². The number of allylic oxidation sites excluding steroid dienone is 1. The van der Waals surface area contributed by atoms with Crippen molar-refractivity contribution in [3.63, 3.8) is 0 Å². The molecule has 0 radical (unpaired) electrons. The normalized spacial score (nSPS) is 23.3. The topological polar surface area (TPSA) is 26.3 Å². The van der Waals surface area contributed by atoms with Gasteiger partial charge in [-0.15, -0.1) is 0 Å². The molecule has 2 aromatic carbocycles. The largest absolute Gasteiger partial charge is 0.423 e. The summed E-state index contributed by atoms with van der Waals surface area (Å²) in [5.41, 5.74) is 4.99. The van der Waals surface area contributed by atoms with Gasteiger partial charge in [0, 0.05) is 6.08 Å². The molecule has 0 aromatic heterocycles. The number of benzene rings is 2. The van der Waals surface area contributed by atoms with Crippen LogP contribution in [0.5, 0.6) is 5.75 Å². The Hall–Kier alpha value is -2.35. The average Bonchev–Trinajstić information content (AvgIpc) is 2.93. The predicted octanol–water partition coefficient (Wildman–Crippen LogP) is 9.96. The Kier molecular flexibility index (Phi) is 9.46. The second-order valence-electron chi connectivity index (χ2n) is 11.5. The molecular formula is C34H46O2. The van der Waals surface area contributed by atoms with E-state index < -0.39 is 0 Å². The van der Waals surface area contributed by atoms with Crippen LogP contribution in [-0.2, 0) is 10.2 Å². The van der Waals surface area contributed by atoms with Crippen molar-refractivity contribution in [1.29, 1.82) is 0 Å². The van der Waals surface area contributed by atoms with Crippen molar-refractivity contribution < 1.29 is 9.53 Å². The Morgan fingerprint density at radius 1 is 0.750 bits per heavy atom. The predicted molar refractivity (Wildman–Crippen MR) is 151 cm³/mol. The molecule has 0 N–H and O–H groups in total. The lowest BCUT2D eigenvalue weighted by Crippen LogP contribution is -2.44. The standard InChI is InChI=1S/C34H46O2/c1-3-5-7-9-11-21-33-22-25-34(26-23-33,27-24-33)30-17-13-28(14-18-30)29-15-19-31(20-16-29)36-32(35)12-10-8-6-4-2/h10,12-20H,3-9,11,21-27H2,1-2H3. The number of hydrogen-bond donors (Lipinski definition) is 0. The van der Waals surface area contributed by atoms with E-state index >= 15 is 0 Å². The Morgan fingerprint density at radius 3 is 1.94 bits per heavy atom. The van der Waals surface area contributed by atoms with Gasteiger partial charge in [-0.2, -0.15) is 0 Å². The number of carbonyl (C=O) groups excluding carboxylic acids is 1. The number of ether oxygens (including phenoxy) is 1. The second kappa shape index (κ2) is 12.7. The molecule has 2 nitrogen and oxygen atoms in total. The van der Waals surface area contributed by atoms with E-state index in [1.54, 1.807) is 5.56 Å². The highest BCUT2D eigenvalue weighted by molar-refractivity contribution is 5.84. The van der Waals surface area contributed by atoms with Crippen molar-refractivity contribution >= 4 is 5.97 Å². The van der Waals surface area contributed by atoms with E-state index in [0.717, 1.165) is 24.8 Å². The number of fused-ring (bicyclic) bond motifs is 3. The fourth-order valence-corrected chi connectivity index (χ4v) is 6.56. The molecule has 0 amide bonds. The lowest BCUT2D eigenvalue weighted by molar-refractivity contribution is -0.129. The van der Waals surface area contributed by atoms with E-state index in [2.05, 4.69) is 38.1 Å². The minimum absolute atomic E-state index is 0.303. The third kappa shape index (κ3) is 6.69. The fourth-order valence-electron chi connectivity index (χ4n) is 6.56. The van der Waals surface area contributed by atoms with Gasteiger partial charge >= 0.3 is 5.97 Å². The van der Waals surface area contributed by atoms with Crippen LogP contribution in [0.15, 0.2) is 60.7 Å². The van der Waals surface area contributed by atoms with Crippen LogP contribution in [0.1, 0.15) is 116 Å². The molecule has 3 aliphatic carbocycles. The summed E-state index contributed by atoms with van der Waals surface area (Å²) in [6, 6.07) is 17.2. The van der Waals surface area contributed by atoms with Gasteiger partial charge in [0.25, 0.3) is 0 Å². The average molecular weight is 487 g/mol. The van der Waals surface area contributed by atoms with Crippen LogP contribution in [0.4, 0.5) is 0 Å². The summed E-state index contributed by atoms with van der Waals surface area (Å²) in [5, 5.41) is 0. The van der Waals surface area contributed by atoms with E-state index in [-0.39, 0.29) is 5.97 Å².